The number of rotatable bonds is 5. The smallest absolute Gasteiger partial charge is 0.283 e. The van der Waals surface area contributed by atoms with Crippen molar-refractivity contribution in [2.45, 2.75) is 13.1 Å². The second-order valence-corrected chi connectivity index (χ2v) is 4.52. The molecule has 0 fully saturated rings. The van der Waals surface area contributed by atoms with Gasteiger partial charge >= 0.3 is 0 Å². The van der Waals surface area contributed by atoms with Crippen molar-refractivity contribution in [2.24, 2.45) is 5.84 Å². The number of amides is 1. The predicted molar refractivity (Wildman–Crippen MR) is 75.3 cm³/mol. The number of nitrogens with zero attached hydrogens (tertiary/aromatic N) is 3. The van der Waals surface area contributed by atoms with E-state index in [1.807, 2.05) is 25.2 Å². The van der Waals surface area contributed by atoms with E-state index in [1.54, 1.807) is 24.5 Å². The molecule has 1 amide bonds. The van der Waals surface area contributed by atoms with E-state index >= 15 is 0 Å². The molecule has 2 heterocycles. The first-order valence-corrected chi connectivity index (χ1v) is 6.23. The number of hydrazine groups is 1. The highest BCUT2D eigenvalue weighted by molar-refractivity contribution is 5.91. The van der Waals surface area contributed by atoms with Crippen molar-refractivity contribution >= 4 is 5.91 Å². The number of nitrogens with two attached hydrogens (primary N) is 1. The Morgan fingerprint density at radius 3 is 2.70 bits per heavy atom. The lowest BCUT2D eigenvalue weighted by molar-refractivity contribution is 0.0948. The quantitative estimate of drug-likeness (QED) is 0.475. The Morgan fingerprint density at radius 1 is 1.25 bits per heavy atom. The van der Waals surface area contributed by atoms with Crippen LogP contribution in [0.5, 0.6) is 0 Å². The Bertz CT molecular complexity index is 573. The number of aromatic nitrogens is 2. The fourth-order valence-corrected chi connectivity index (χ4v) is 1.90. The minimum atomic E-state index is -0.386. The van der Waals surface area contributed by atoms with Crippen LogP contribution >= 0.6 is 0 Å². The molecule has 0 saturated carbocycles. The molecule has 0 unspecified atom stereocenters. The van der Waals surface area contributed by atoms with Crippen LogP contribution in [0.25, 0.3) is 0 Å². The lowest BCUT2D eigenvalue weighted by Crippen LogP contribution is -2.31. The molecule has 20 heavy (non-hydrogen) atoms. The summed E-state index contributed by atoms with van der Waals surface area (Å²) in [5.74, 6) is 4.72. The largest absolute Gasteiger partial charge is 0.296 e. The zero-order valence-electron chi connectivity index (χ0n) is 11.3. The monoisotopic (exact) mass is 271 g/mol. The van der Waals surface area contributed by atoms with Crippen molar-refractivity contribution in [3.63, 3.8) is 0 Å². The summed E-state index contributed by atoms with van der Waals surface area (Å²) in [6.07, 6.45) is 3.54. The Balaban J connectivity index is 2.01. The summed E-state index contributed by atoms with van der Waals surface area (Å²) >= 11 is 0. The molecular formula is C14H17N5O. The Labute approximate surface area is 117 Å². The normalized spacial score (nSPS) is 10.6. The summed E-state index contributed by atoms with van der Waals surface area (Å²) in [5.41, 5.74) is 4.40. The Morgan fingerprint density at radius 2 is 2.00 bits per heavy atom. The molecule has 0 aliphatic heterocycles. The van der Waals surface area contributed by atoms with Gasteiger partial charge in [-0.25, -0.2) is 10.8 Å². The van der Waals surface area contributed by atoms with E-state index in [1.165, 1.54) is 5.56 Å². The number of nitrogen functional groups attached to an aromatic ring is 1. The molecule has 0 atom stereocenters. The summed E-state index contributed by atoms with van der Waals surface area (Å²) in [7, 11) is 2.00. The van der Waals surface area contributed by atoms with Gasteiger partial charge in [0.25, 0.3) is 5.91 Å². The average molecular weight is 271 g/mol. The van der Waals surface area contributed by atoms with Crippen LogP contribution in [-0.4, -0.2) is 27.8 Å². The molecule has 0 aromatic carbocycles. The van der Waals surface area contributed by atoms with Gasteiger partial charge in [0.05, 0.1) is 5.69 Å². The van der Waals surface area contributed by atoms with Gasteiger partial charge in [0.15, 0.2) is 0 Å². The number of nitrogens with one attached hydrogen (secondary N) is 1. The summed E-state index contributed by atoms with van der Waals surface area (Å²) in [6.45, 7) is 1.44. The van der Waals surface area contributed by atoms with Gasteiger partial charge in [-0.3, -0.25) is 20.1 Å². The number of pyridine rings is 2. The standard InChI is InChI=1S/C14H17N5O/c1-19(9-11-5-7-16-8-6-11)10-12-3-2-4-13(17-12)14(20)18-15/h2-8H,9-10,15H2,1H3,(H,18,20). The van der Waals surface area contributed by atoms with Crippen molar-refractivity contribution < 1.29 is 4.79 Å². The van der Waals surface area contributed by atoms with Gasteiger partial charge in [0.2, 0.25) is 0 Å². The molecule has 6 nitrogen and oxygen atoms in total. The Hall–Kier alpha value is -2.31. The molecule has 104 valence electrons. The molecule has 0 radical (unpaired) electrons. The van der Waals surface area contributed by atoms with Crippen LogP contribution < -0.4 is 11.3 Å². The fraction of sp³-hybridized carbons (Fsp3) is 0.214. The van der Waals surface area contributed by atoms with Crippen LogP contribution in [-0.2, 0) is 13.1 Å². The van der Waals surface area contributed by atoms with Crippen LogP contribution in [0.2, 0.25) is 0 Å². The van der Waals surface area contributed by atoms with Crippen LogP contribution in [0.3, 0.4) is 0 Å². The van der Waals surface area contributed by atoms with Gasteiger partial charge in [0, 0.05) is 25.5 Å². The first kappa shape index (κ1) is 14.1. The van der Waals surface area contributed by atoms with E-state index in [0.717, 1.165) is 12.2 Å². The van der Waals surface area contributed by atoms with Gasteiger partial charge in [0.1, 0.15) is 5.69 Å². The SMILES string of the molecule is CN(Cc1ccncc1)Cc1cccc(C(=O)NN)n1. The first-order chi connectivity index (χ1) is 9.69. The maximum atomic E-state index is 11.4. The molecule has 2 aromatic rings. The number of hydrogen-bond donors (Lipinski definition) is 2. The molecule has 0 aliphatic carbocycles. The van der Waals surface area contributed by atoms with Crippen LogP contribution in [0.15, 0.2) is 42.7 Å². The summed E-state index contributed by atoms with van der Waals surface area (Å²) in [4.78, 5) is 21.8. The van der Waals surface area contributed by atoms with Crippen molar-refractivity contribution in [3.8, 4) is 0 Å². The topological polar surface area (TPSA) is 84.1 Å². The minimum absolute atomic E-state index is 0.322. The summed E-state index contributed by atoms with van der Waals surface area (Å²) < 4.78 is 0. The number of carbonyl (C=O) groups is 1. The second kappa shape index (κ2) is 6.74. The first-order valence-electron chi connectivity index (χ1n) is 6.23. The van der Waals surface area contributed by atoms with Crippen LogP contribution in [0, 0.1) is 0 Å². The maximum Gasteiger partial charge on any atom is 0.283 e. The highest BCUT2D eigenvalue weighted by Gasteiger charge is 2.07. The molecule has 3 N–H and O–H groups in total. The maximum absolute atomic E-state index is 11.4. The van der Waals surface area contributed by atoms with E-state index in [2.05, 4.69) is 20.3 Å². The molecule has 0 spiro atoms. The minimum Gasteiger partial charge on any atom is -0.296 e. The molecular weight excluding hydrogens is 254 g/mol. The Kier molecular flexibility index (Phi) is 4.75. The molecule has 0 saturated heterocycles. The van der Waals surface area contributed by atoms with Crippen molar-refractivity contribution in [3.05, 3.63) is 59.7 Å². The lowest BCUT2D eigenvalue weighted by atomic mass is 10.2. The zero-order valence-corrected chi connectivity index (χ0v) is 11.3. The van der Waals surface area contributed by atoms with Gasteiger partial charge in [-0.1, -0.05) is 6.07 Å². The zero-order chi connectivity index (χ0) is 14.4. The van der Waals surface area contributed by atoms with E-state index in [4.69, 9.17) is 5.84 Å². The van der Waals surface area contributed by atoms with Gasteiger partial charge in [-0.05, 0) is 36.9 Å². The number of hydrogen-bond acceptors (Lipinski definition) is 5. The lowest BCUT2D eigenvalue weighted by Gasteiger charge is -2.16. The molecule has 2 rings (SSSR count). The van der Waals surface area contributed by atoms with E-state index in [0.29, 0.717) is 12.2 Å². The van der Waals surface area contributed by atoms with Crippen molar-refractivity contribution in [1.29, 1.82) is 0 Å². The highest BCUT2D eigenvalue weighted by atomic mass is 16.2. The predicted octanol–water partition coefficient (Wildman–Crippen LogP) is 0.712. The van der Waals surface area contributed by atoms with Gasteiger partial charge < -0.3 is 0 Å². The van der Waals surface area contributed by atoms with Crippen LogP contribution in [0.1, 0.15) is 21.7 Å². The summed E-state index contributed by atoms with van der Waals surface area (Å²) in [5, 5.41) is 0. The third-order valence-corrected chi connectivity index (χ3v) is 2.80. The average Bonchev–Trinajstić information content (AvgIpc) is 2.47. The third-order valence-electron chi connectivity index (χ3n) is 2.80. The summed E-state index contributed by atoms with van der Waals surface area (Å²) in [6, 6.07) is 9.27. The third kappa shape index (κ3) is 3.84. The highest BCUT2D eigenvalue weighted by Crippen LogP contribution is 2.06. The molecule has 6 heteroatoms. The van der Waals surface area contributed by atoms with Crippen LogP contribution in [0.4, 0.5) is 0 Å². The fourth-order valence-electron chi connectivity index (χ4n) is 1.90. The van der Waals surface area contributed by atoms with Crippen molar-refractivity contribution in [1.82, 2.24) is 20.3 Å². The second-order valence-electron chi connectivity index (χ2n) is 4.52. The van der Waals surface area contributed by atoms with Gasteiger partial charge in [-0.2, -0.15) is 0 Å². The van der Waals surface area contributed by atoms with E-state index in [9.17, 15) is 4.79 Å². The molecule has 0 aliphatic rings. The van der Waals surface area contributed by atoms with E-state index < -0.39 is 0 Å². The van der Waals surface area contributed by atoms with Crippen molar-refractivity contribution in [2.75, 3.05) is 7.05 Å². The molecule has 2 aromatic heterocycles. The van der Waals surface area contributed by atoms with E-state index in [-0.39, 0.29) is 5.91 Å². The number of carbonyl (C=O) groups excluding carboxylic acids is 1. The molecule has 0 bridgehead atoms. The van der Waals surface area contributed by atoms with Gasteiger partial charge in [-0.15, -0.1) is 0 Å².